The van der Waals surface area contributed by atoms with Crippen LogP contribution in [0, 0.1) is 11.2 Å². The zero-order valence-corrected chi connectivity index (χ0v) is 22.8. The van der Waals surface area contributed by atoms with Crippen LogP contribution in [-0.4, -0.2) is 42.9 Å². The molecule has 2 saturated heterocycles. The molecule has 38 heavy (non-hydrogen) atoms. The van der Waals surface area contributed by atoms with Crippen molar-refractivity contribution < 1.29 is 14.0 Å². The fourth-order valence-corrected chi connectivity index (χ4v) is 7.37. The van der Waals surface area contributed by atoms with Crippen LogP contribution < -0.4 is 10.2 Å². The van der Waals surface area contributed by atoms with E-state index >= 15 is 0 Å². The van der Waals surface area contributed by atoms with E-state index in [1.165, 1.54) is 29.0 Å². The van der Waals surface area contributed by atoms with Crippen LogP contribution in [0.15, 0.2) is 53.9 Å². The molecule has 1 aliphatic carbocycles. The second-order valence-corrected chi connectivity index (χ2v) is 12.2. The fraction of sp³-hybridized carbons (Fsp3) is 0.400. The minimum atomic E-state index is -0.203. The summed E-state index contributed by atoms with van der Waals surface area (Å²) in [6.45, 7) is 3.47. The van der Waals surface area contributed by atoms with E-state index < -0.39 is 0 Å². The standard InChI is InChI=1S/C30H31ClFN3O2S/c31-25-9-18-38-27(25)28(36)33-26-8-3-20-1-2-21(19-24(20)26)29(37)35-16-12-30(13-17-35)10-14-34(15-11-30)23-6-4-22(32)5-7-23/h1-2,4-7,9,18-19,26H,3,8,10-17H2,(H,33,36). The summed E-state index contributed by atoms with van der Waals surface area (Å²) in [7, 11) is 0. The minimum absolute atomic E-state index is 0.0738. The lowest BCUT2D eigenvalue weighted by Crippen LogP contribution is -2.48. The molecule has 2 aromatic carbocycles. The number of piperidine rings is 2. The fourth-order valence-electron chi connectivity index (χ4n) is 6.32. The lowest BCUT2D eigenvalue weighted by Gasteiger charge is -2.47. The molecule has 1 aromatic heterocycles. The van der Waals surface area contributed by atoms with Gasteiger partial charge in [0, 0.05) is 37.4 Å². The van der Waals surface area contributed by atoms with E-state index in [1.54, 1.807) is 6.07 Å². The van der Waals surface area contributed by atoms with Gasteiger partial charge in [0.2, 0.25) is 0 Å². The third kappa shape index (κ3) is 4.94. The average Bonchev–Trinajstić information content (AvgIpc) is 3.55. The van der Waals surface area contributed by atoms with Crippen molar-refractivity contribution in [2.75, 3.05) is 31.1 Å². The van der Waals surface area contributed by atoms with Gasteiger partial charge in [-0.2, -0.15) is 0 Å². The number of fused-ring (bicyclic) bond motifs is 1. The Morgan fingerprint density at radius 2 is 1.68 bits per heavy atom. The third-order valence-corrected chi connectivity index (χ3v) is 10.1. The van der Waals surface area contributed by atoms with Gasteiger partial charge in [-0.1, -0.05) is 17.7 Å². The first-order valence-electron chi connectivity index (χ1n) is 13.4. The van der Waals surface area contributed by atoms with Gasteiger partial charge >= 0.3 is 0 Å². The number of benzene rings is 2. The van der Waals surface area contributed by atoms with E-state index in [0.717, 1.165) is 76.0 Å². The highest BCUT2D eigenvalue weighted by Crippen LogP contribution is 2.42. The minimum Gasteiger partial charge on any atom is -0.371 e. The van der Waals surface area contributed by atoms with Crippen molar-refractivity contribution in [2.24, 2.45) is 5.41 Å². The molecule has 3 aliphatic rings. The van der Waals surface area contributed by atoms with Crippen LogP contribution in [0.25, 0.3) is 0 Å². The molecule has 1 unspecified atom stereocenters. The van der Waals surface area contributed by atoms with Crippen LogP contribution in [0.3, 0.4) is 0 Å². The highest BCUT2D eigenvalue weighted by atomic mass is 35.5. The van der Waals surface area contributed by atoms with Crippen LogP contribution in [0.4, 0.5) is 10.1 Å². The zero-order valence-electron chi connectivity index (χ0n) is 21.2. The highest BCUT2D eigenvalue weighted by Gasteiger charge is 2.39. The summed E-state index contributed by atoms with van der Waals surface area (Å²) >= 11 is 7.49. The number of nitrogens with zero attached hydrogens (tertiary/aromatic N) is 2. The van der Waals surface area contributed by atoms with Crippen molar-refractivity contribution in [3.05, 3.63) is 86.3 Å². The largest absolute Gasteiger partial charge is 0.371 e. The first-order chi connectivity index (χ1) is 18.4. The summed E-state index contributed by atoms with van der Waals surface area (Å²) in [5, 5.41) is 5.41. The molecule has 1 atom stereocenters. The Kier molecular flexibility index (Phi) is 6.91. The van der Waals surface area contributed by atoms with E-state index in [9.17, 15) is 14.0 Å². The number of anilines is 1. The third-order valence-electron chi connectivity index (χ3n) is 8.73. The van der Waals surface area contributed by atoms with E-state index in [1.807, 2.05) is 40.6 Å². The van der Waals surface area contributed by atoms with Crippen LogP contribution in [0.5, 0.6) is 0 Å². The Morgan fingerprint density at radius 3 is 2.37 bits per heavy atom. The topological polar surface area (TPSA) is 52.7 Å². The maximum atomic E-state index is 13.5. The number of amides is 2. The van der Waals surface area contributed by atoms with E-state index in [2.05, 4.69) is 10.2 Å². The molecule has 2 fully saturated rings. The molecule has 2 aliphatic heterocycles. The van der Waals surface area contributed by atoms with Gasteiger partial charge < -0.3 is 15.1 Å². The molecule has 1 N–H and O–H groups in total. The number of nitrogens with one attached hydrogen (secondary N) is 1. The van der Waals surface area contributed by atoms with E-state index in [0.29, 0.717) is 15.5 Å². The molecule has 1 spiro atoms. The van der Waals surface area contributed by atoms with E-state index in [-0.39, 0.29) is 29.1 Å². The van der Waals surface area contributed by atoms with E-state index in [4.69, 9.17) is 11.6 Å². The van der Waals surface area contributed by atoms with Crippen LogP contribution in [-0.2, 0) is 6.42 Å². The number of thiophene rings is 1. The summed E-state index contributed by atoms with van der Waals surface area (Å²) in [5.74, 6) is -0.290. The van der Waals surface area contributed by atoms with Crippen LogP contribution in [0.2, 0.25) is 5.02 Å². The monoisotopic (exact) mass is 551 g/mol. The van der Waals surface area contributed by atoms with Crippen molar-refractivity contribution in [1.29, 1.82) is 0 Å². The van der Waals surface area contributed by atoms with Gasteiger partial charge in [-0.05, 0) is 103 Å². The molecular weight excluding hydrogens is 521 g/mol. The Bertz CT molecular complexity index is 1340. The Labute approximate surface area is 231 Å². The van der Waals surface area contributed by atoms with Gasteiger partial charge in [0.1, 0.15) is 10.7 Å². The van der Waals surface area contributed by atoms with Gasteiger partial charge in [0.15, 0.2) is 0 Å². The predicted octanol–water partition coefficient (Wildman–Crippen LogP) is 6.48. The van der Waals surface area contributed by atoms with Gasteiger partial charge in [0.05, 0.1) is 11.1 Å². The van der Waals surface area contributed by atoms with Gasteiger partial charge in [-0.15, -0.1) is 11.3 Å². The summed E-state index contributed by atoms with van der Waals surface area (Å²) in [6.07, 6.45) is 5.93. The van der Waals surface area contributed by atoms with Crippen molar-refractivity contribution in [2.45, 2.75) is 44.6 Å². The normalized spacial score (nSPS) is 20.4. The number of carbonyl (C=O) groups excluding carboxylic acids is 2. The number of hydrogen-bond donors (Lipinski definition) is 1. The quantitative estimate of drug-likeness (QED) is 0.404. The first kappa shape index (κ1) is 25.4. The maximum Gasteiger partial charge on any atom is 0.263 e. The van der Waals surface area contributed by atoms with Gasteiger partial charge in [-0.25, -0.2) is 4.39 Å². The molecule has 5 nitrogen and oxygen atoms in total. The van der Waals surface area contributed by atoms with Crippen molar-refractivity contribution in [3.63, 3.8) is 0 Å². The average molecular weight is 552 g/mol. The maximum absolute atomic E-state index is 13.5. The Hall–Kier alpha value is -2.90. The lowest BCUT2D eigenvalue weighted by atomic mass is 9.71. The molecule has 0 saturated carbocycles. The predicted molar refractivity (Wildman–Crippen MR) is 150 cm³/mol. The Morgan fingerprint density at radius 1 is 0.974 bits per heavy atom. The lowest BCUT2D eigenvalue weighted by molar-refractivity contribution is 0.0515. The van der Waals surface area contributed by atoms with Gasteiger partial charge in [-0.3, -0.25) is 9.59 Å². The Balaban J connectivity index is 1.07. The molecule has 3 aromatic rings. The molecule has 8 heteroatoms. The van der Waals surface area contributed by atoms with Crippen molar-refractivity contribution in [3.8, 4) is 0 Å². The summed E-state index contributed by atoms with van der Waals surface area (Å²) in [6, 6.07) is 14.4. The first-order valence-corrected chi connectivity index (χ1v) is 14.6. The summed E-state index contributed by atoms with van der Waals surface area (Å²) in [4.78, 5) is 31.1. The molecule has 3 heterocycles. The smallest absolute Gasteiger partial charge is 0.263 e. The molecule has 0 bridgehead atoms. The molecule has 198 valence electrons. The number of hydrogen-bond acceptors (Lipinski definition) is 4. The van der Waals surface area contributed by atoms with Gasteiger partial charge in [0.25, 0.3) is 11.8 Å². The number of aryl methyl sites for hydroxylation is 1. The number of halogens is 2. The summed E-state index contributed by atoms with van der Waals surface area (Å²) in [5.41, 5.74) is 4.29. The van der Waals surface area contributed by atoms with Crippen molar-refractivity contribution >= 4 is 40.4 Å². The molecular formula is C30H31ClFN3O2S. The highest BCUT2D eigenvalue weighted by molar-refractivity contribution is 7.12. The zero-order chi connectivity index (χ0) is 26.3. The van der Waals surface area contributed by atoms with Crippen molar-refractivity contribution in [1.82, 2.24) is 10.2 Å². The number of rotatable bonds is 4. The second kappa shape index (κ2) is 10.3. The van der Waals surface area contributed by atoms with Crippen LogP contribution >= 0.6 is 22.9 Å². The number of carbonyl (C=O) groups is 2. The molecule has 2 amide bonds. The summed E-state index contributed by atoms with van der Waals surface area (Å²) < 4.78 is 13.3. The SMILES string of the molecule is O=C(NC1CCc2ccc(C(=O)N3CCC4(CC3)CCN(c3ccc(F)cc3)CC4)cc21)c1sccc1Cl. The second-order valence-electron chi connectivity index (χ2n) is 10.8. The molecule has 0 radical (unpaired) electrons. The molecule has 6 rings (SSSR count). The number of likely N-dealkylation sites (tertiary alicyclic amines) is 1. The van der Waals surface area contributed by atoms with Crippen LogP contribution in [0.1, 0.15) is 69.3 Å².